The average Bonchev–Trinajstić information content (AvgIpc) is 3.57. The predicted octanol–water partition coefficient (Wildman–Crippen LogP) is 4.19. The molecular weight excluding hydrogens is 579 g/mol. The summed E-state index contributed by atoms with van der Waals surface area (Å²) in [4.78, 5) is 30.8. The Kier molecular flexibility index (Phi) is 7.23. The second-order valence-electron chi connectivity index (χ2n) is 11.5. The third kappa shape index (κ3) is 4.80. The summed E-state index contributed by atoms with van der Waals surface area (Å²) in [7, 11) is 1.34. The van der Waals surface area contributed by atoms with Gasteiger partial charge in [-0.2, -0.15) is 13.9 Å². The van der Waals surface area contributed by atoms with Crippen LogP contribution in [0.1, 0.15) is 54.4 Å². The number of aliphatic hydroxyl groups is 1. The molecule has 2 aromatic heterocycles. The first-order valence-corrected chi connectivity index (χ1v) is 14.0. The number of amides is 2. The van der Waals surface area contributed by atoms with Crippen molar-refractivity contribution in [2.24, 2.45) is 11.7 Å². The van der Waals surface area contributed by atoms with E-state index in [1.54, 1.807) is 13.0 Å². The van der Waals surface area contributed by atoms with Gasteiger partial charge >= 0.3 is 6.55 Å². The van der Waals surface area contributed by atoms with Gasteiger partial charge in [0.2, 0.25) is 5.91 Å². The summed E-state index contributed by atoms with van der Waals surface area (Å²) in [6, 6.07) is 9.98. The first-order valence-electron chi connectivity index (χ1n) is 14.0. The average molecular weight is 610 g/mol. The summed E-state index contributed by atoms with van der Waals surface area (Å²) in [5.41, 5.74) is 4.62. The molecule has 0 saturated heterocycles. The van der Waals surface area contributed by atoms with Crippen LogP contribution in [0.4, 0.5) is 13.2 Å². The topological polar surface area (TPSA) is 142 Å². The maximum Gasteiger partial charge on any atom is 0.333 e. The van der Waals surface area contributed by atoms with E-state index in [2.05, 4.69) is 10.4 Å². The van der Waals surface area contributed by atoms with Crippen molar-refractivity contribution >= 4 is 22.7 Å². The van der Waals surface area contributed by atoms with Gasteiger partial charge in [0.05, 0.1) is 19.3 Å². The number of fused-ring (bicyclic) bond motifs is 2. The van der Waals surface area contributed by atoms with E-state index < -0.39 is 35.2 Å². The molecule has 2 aromatic carbocycles. The van der Waals surface area contributed by atoms with E-state index in [1.165, 1.54) is 43.5 Å². The molecule has 13 heteroatoms. The number of pyridine rings is 1. The molecule has 4 aromatic rings. The molecule has 0 bridgehead atoms. The van der Waals surface area contributed by atoms with Crippen molar-refractivity contribution in [3.05, 3.63) is 71.3 Å². The van der Waals surface area contributed by atoms with E-state index in [1.807, 2.05) is 0 Å². The van der Waals surface area contributed by atoms with Crippen molar-refractivity contribution < 1.29 is 37.3 Å². The molecule has 1 saturated carbocycles. The zero-order valence-electron chi connectivity index (χ0n) is 23.9. The lowest BCUT2D eigenvalue weighted by Gasteiger charge is -2.41. The van der Waals surface area contributed by atoms with E-state index in [9.17, 15) is 27.9 Å². The Hall–Kier alpha value is -4.65. The van der Waals surface area contributed by atoms with Crippen LogP contribution in [-0.2, 0) is 15.8 Å². The molecular formula is C31H30F3N5O5. The fraction of sp³-hybridized carbons (Fsp3) is 0.355. The number of carbonyl (C=O) groups excluding carboxylic acids is 2. The number of primary amides is 1. The van der Waals surface area contributed by atoms with Crippen molar-refractivity contribution in [3.63, 3.8) is 0 Å². The summed E-state index contributed by atoms with van der Waals surface area (Å²) in [5.74, 6) is -1.49. The summed E-state index contributed by atoms with van der Waals surface area (Å²) in [6.45, 7) is -1.52. The zero-order valence-corrected chi connectivity index (χ0v) is 23.9. The number of nitrogens with zero attached hydrogens (tertiary/aromatic N) is 3. The lowest BCUT2D eigenvalue weighted by atomic mass is 9.70. The van der Waals surface area contributed by atoms with E-state index in [-0.39, 0.29) is 47.0 Å². The van der Waals surface area contributed by atoms with Gasteiger partial charge in [0.1, 0.15) is 46.1 Å². The van der Waals surface area contributed by atoms with E-state index >= 15 is 0 Å². The minimum Gasteiger partial charge on any atom is -0.494 e. The van der Waals surface area contributed by atoms with Crippen LogP contribution in [0, 0.1) is 11.7 Å². The molecule has 0 unspecified atom stereocenters. The summed E-state index contributed by atoms with van der Waals surface area (Å²) >= 11 is 0. The lowest BCUT2D eigenvalue weighted by Crippen LogP contribution is -2.49. The SMILES string of the molecule is COc1cc(C(=O)NC[C@](O)(c2cc3c(c(-c4ccc(F)cc4)n2)OC[C@]3(C)C(N)=O)C2CCC2)cc2cn(C(F)F)nc12. The Morgan fingerprint density at radius 1 is 1.25 bits per heavy atom. The zero-order chi connectivity index (χ0) is 31.4. The highest BCUT2D eigenvalue weighted by atomic mass is 19.3. The van der Waals surface area contributed by atoms with Crippen LogP contribution in [0.15, 0.2) is 48.7 Å². The molecule has 3 heterocycles. The third-order valence-corrected chi connectivity index (χ3v) is 8.75. The molecule has 44 heavy (non-hydrogen) atoms. The second-order valence-corrected chi connectivity index (χ2v) is 11.5. The summed E-state index contributed by atoms with van der Waals surface area (Å²) < 4.78 is 52.0. The monoisotopic (exact) mass is 609 g/mol. The lowest BCUT2D eigenvalue weighted by molar-refractivity contribution is -0.123. The Labute approximate surface area is 250 Å². The number of alkyl halides is 2. The van der Waals surface area contributed by atoms with Crippen molar-refractivity contribution in [1.82, 2.24) is 20.1 Å². The van der Waals surface area contributed by atoms with Gasteiger partial charge < -0.3 is 25.6 Å². The van der Waals surface area contributed by atoms with Crippen LogP contribution in [0.25, 0.3) is 22.2 Å². The minimum absolute atomic E-state index is 0.0396. The van der Waals surface area contributed by atoms with Crippen LogP contribution in [0.2, 0.25) is 0 Å². The van der Waals surface area contributed by atoms with Gasteiger partial charge in [-0.15, -0.1) is 0 Å². The van der Waals surface area contributed by atoms with Gasteiger partial charge in [-0.05, 0) is 68.1 Å². The Balaban J connectivity index is 1.39. The molecule has 230 valence electrons. The Bertz CT molecular complexity index is 1770. The number of nitrogens with two attached hydrogens (primary N) is 1. The van der Waals surface area contributed by atoms with Crippen molar-refractivity contribution in [3.8, 4) is 22.8 Å². The molecule has 6 rings (SSSR count). The van der Waals surface area contributed by atoms with Gasteiger partial charge in [-0.25, -0.2) is 14.1 Å². The molecule has 10 nitrogen and oxygen atoms in total. The van der Waals surface area contributed by atoms with Crippen molar-refractivity contribution in [2.75, 3.05) is 20.3 Å². The van der Waals surface area contributed by atoms with Crippen LogP contribution >= 0.6 is 0 Å². The maximum atomic E-state index is 13.8. The van der Waals surface area contributed by atoms with E-state index in [0.717, 1.165) is 12.6 Å². The largest absolute Gasteiger partial charge is 0.494 e. The molecule has 1 aliphatic carbocycles. The summed E-state index contributed by atoms with van der Waals surface area (Å²) in [6.07, 6.45) is 3.30. The number of halogens is 3. The first kappa shape index (κ1) is 29.4. The molecule has 2 aliphatic rings. The minimum atomic E-state index is -2.87. The van der Waals surface area contributed by atoms with Gasteiger partial charge in [0.25, 0.3) is 5.91 Å². The number of nitrogens with one attached hydrogen (secondary N) is 1. The smallest absolute Gasteiger partial charge is 0.333 e. The van der Waals surface area contributed by atoms with Crippen molar-refractivity contribution in [1.29, 1.82) is 0 Å². The standard InChI is InChI=1S/C31H30F3N5O5/c1-30(28(35)41)15-44-26-21(30)12-23(37-25(26)16-6-8-20(32)9-7-16)31(42,19-4-3-5-19)14-36-27(40)17-10-18-13-39(29(33)34)38-24(18)22(11-17)43-2/h6-13,19,29,42H,3-5,14-15H2,1-2H3,(H2,35,41)(H,36,40)/t30-,31+/m0/s1. The number of aromatic nitrogens is 3. The van der Waals surface area contributed by atoms with Crippen LogP contribution in [0.3, 0.4) is 0 Å². The van der Waals surface area contributed by atoms with E-state index in [0.29, 0.717) is 40.1 Å². The van der Waals surface area contributed by atoms with Gasteiger partial charge in [0.15, 0.2) is 0 Å². The number of methoxy groups -OCH3 is 1. The normalized spacial score (nSPS) is 19.2. The highest BCUT2D eigenvalue weighted by Gasteiger charge is 2.48. The number of hydrogen-bond donors (Lipinski definition) is 3. The van der Waals surface area contributed by atoms with Crippen molar-refractivity contribution in [2.45, 2.75) is 43.8 Å². The predicted molar refractivity (Wildman–Crippen MR) is 153 cm³/mol. The third-order valence-electron chi connectivity index (χ3n) is 8.75. The highest BCUT2D eigenvalue weighted by Crippen LogP contribution is 2.48. The number of ether oxygens (including phenoxy) is 2. The molecule has 0 radical (unpaired) electrons. The fourth-order valence-corrected chi connectivity index (χ4v) is 5.77. The van der Waals surface area contributed by atoms with Gasteiger partial charge in [0, 0.05) is 28.3 Å². The number of carbonyl (C=O) groups is 2. The van der Waals surface area contributed by atoms with Crippen LogP contribution < -0.4 is 20.5 Å². The van der Waals surface area contributed by atoms with E-state index in [4.69, 9.17) is 20.2 Å². The molecule has 1 aliphatic heterocycles. The number of benzene rings is 2. The summed E-state index contributed by atoms with van der Waals surface area (Å²) in [5, 5.41) is 19.2. The van der Waals surface area contributed by atoms with Gasteiger partial charge in [-0.3, -0.25) is 9.59 Å². The Morgan fingerprint density at radius 3 is 2.59 bits per heavy atom. The second kappa shape index (κ2) is 10.8. The first-order chi connectivity index (χ1) is 20.9. The van der Waals surface area contributed by atoms with Crippen LogP contribution in [0.5, 0.6) is 11.5 Å². The molecule has 1 fully saturated rings. The van der Waals surface area contributed by atoms with Crippen LogP contribution in [-0.4, -0.2) is 51.9 Å². The fourth-order valence-electron chi connectivity index (χ4n) is 5.77. The quantitative estimate of drug-likeness (QED) is 0.258. The number of hydrogen-bond acceptors (Lipinski definition) is 7. The molecule has 2 amide bonds. The van der Waals surface area contributed by atoms with Gasteiger partial charge in [-0.1, -0.05) is 6.42 Å². The molecule has 0 spiro atoms. The Morgan fingerprint density at radius 2 is 1.98 bits per heavy atom. The molecule has 4 N–H and O–H groups in total. The highest BCUT2D eigenvalue weighted by molar-refractivity contribution is 6.00. The molecule has 2 atom stereocenters. The maximum absolute atomic E-state index is 13.8. The number of rotatable bonds is 9.